The second-order valence-corrected chi connectivity index (χ2v) is 7.91. The molecule has 1 rings (SSSR count). The van der Waals surface area contributed by atoms with Crippen LogP contribution in [-0.2, 0) is 25.5 Å². The molecule has 0 aromatic heterocycles. The second kappa shape index (κ2) is 9.11. The molecular weight excluding hydrogens is 324 g/mol. The lowest BCUT2D eigenvalue weighted by atomic mass is 9.96. The zero-order valence-electron chi connectivity index (χ0n) is 15.4. The molecule has 0 bridgehead atoms. The van der Waals surface area contributed by atoms with Gasteiger partial charge in [0.2, 0.25) is 0 Å². The maximum Gasteiger partial charge on any atom is 0.310 e. The Bertz CT molecular complexity index is 561. The van der Waals surface area contributed by atoms with Gasteiger partial charge in [0.15, 0.2) is 0 Å². The number of carbonyl (C=O) groups excluding carboxylic acids is 2. The lowest BCUT2D eigenvalue weighted by molar-refractivity contribution is -0.163. The molecule has 0 amide bonds. The second-order valence-electron chi connectivity index (χ2n) is 7.03. The van der Waals surface area contributed by atoms with Crippen LogP contribution >= 0.6 is 11.8 Å². The van der Waals surface area contributed by atoms with E-state index >= 15 is 0 Å². The molecule has 1 aromatic carbocycles. The van der Waals surface area contributed by atoms with E-state index in [2.05, 4.69) is 0 Å². The van der Waals surface area contributed by atoms with Crippen molar-refractivity contribution in [3.8, 4) is 0 Å². The van der Waals surface area contributed by atoms with Crippen LogP contribution in [0.3, 0.4) is 0 Å². The van der Waals surface area contributed by atoms with Crippen LogP contribution in [0.4, 0.5) is 0 Å². The molecule has 0 spiro atoms. The normalized spacial score (nSPS) is 12.8. The molecule has 1 aromatic rings. The molecule has 0 saturated heterocycles. The molecule has 134 valence electrons. The fraction of sp³-hybridized carbons (Fsp3) is 0.579. The monoisotopic (exact) mass is 352 g/mol. The van der Waals surface area contributed by atoms with Crippen molar-refractivity contribution in [3.63, 3.8) is 0 Å². The van der Waals surface area contributed by atoms with E-state index in [1.807, 2.05) is 51.3 Å². The van der Waals surface area contributed by atoms with Gasteiger partial charge in [-0.25, -0.2) is 0 Å². The van der Waals surface area contributed by atoms with Crippen molar-refractivity contribution in [2.75, 3.05) is 6.26 Å². The summed E-state index contributed by atoms with van der Waals surface area (Å²) in [5.41, 5.74) is 0.443. The zero-order valence-corrected chi connectivity index (χ0v) is 16.2. The summed E-state index contributed by atoms with van der Waals surface area (Å²) in [7, 11) is 0. The number of carbonyl (C=O) groups is 2. The van der Waals surface area contributed by atoms with Crippen LogP contribution in [0.15, 0.2) is 29.2 Å². The van der Waals surface area contributed by atoms with Crippen LogP contribution in [0.2, 0.25) is 0 Å². The first-order valence-corrected chi connectivity index (χ1v) is 9.38. The summed E-state index contributed by atoms with van der Waals surface area (Å²) >= 11 is 1.64. The van der Waals surface area contributed by atoms with Crippen LogP contribution in [0, 0.1) is 5.92 Å². The van der Waals surface area contributed by atoms with Crippen LogP contribution in [0.1, 0.15) is 46.6 Å². The zero-order chi connectivity index (χ0) is 18.3. The highest BCUT2D eigenvalue weighted by molar-refractivity contribution is 7.98. The first kappa shape index (κ1) is 20.6. The van der Waals surface area contributed by atoms with Gasteiger partial charge in [0.05, 0.1) is 18.4 Å². The minimum atomic E-state index is -0.567. The maximum atomic E-state index is 12.4. The van der Waals surface area contributed by atoms with Gasteiger partial charge in [-0.1, -0.05) is 12.1 Å². The topological polar surface area (TPSA) is 52.6 Å². The van der Waals surface area contributed by atoms with E-state index in [-0.39, 0.29) is 24.5 Å². The van der Waals surface area contributed by atoms with Crippen LogP contribution in [0.5, 0.6) is 0 Å². The van der Waals surface area contributed by atoms with Gasteiger partial charge in [-0.15, -0.1) is 11.8 Å². The number of rotatable bonds is 7. The molecule has 0 saturated carbocycles. The fourth-order valence-electron chi connectivity index (χ4n) is 2.24. The predicted octanol–water partition coefficient (Wildman–Crippen LogP) is 4.25. The molecule has 24 heavy (non-hydrogen) atoms. The number of ether oxygens (including phenoxy) is 2. The highest BCUT2D eigenvalue weighted by Gasteiger charge is 2.27. The summed E-state index contributed by atoms with van der Waals surface area (Å²) in [6.07, 6.45) is 2.27. The van der Waals surface area contributed by atoms with Gasteiger partial charge in [0.25, 0.3) is 0 Å². The minimum absolute atomic E-state index is 0.0202. The van der Waals surface area contributed by atoms with Crippen LogP contribution < -0.4 is 0 Å². The van der Waals surface area contributed by atoms with Crippen molar-refractivity contribution >= 4 is 23.7 Å². The summed E-state index contributed by atoms with van der Waals surface area (Å²) in [4.78, 5) is 25.6. The Hall–Kier alpha value is -1.49. The summed E-state index contributed by atoms with van der Waals surface area (Å²) < 4.78 is 10.7. The third-order valence-electron chi connectivity index (χ3n) is 3.13. The molecule has 0 aliphatic heterocycles. The molecule has 0 radical (unpaired) electrons. The minimum Gasteiger partial charge on any atom is -0.463 e. The van der Waals surface area contributed by atoms with E-state index in [1.54, 1.807) is 25.6 Å². The average molecular weight is 352 g/mol. The molecule has 1 atom stereocenters. The molecule has 0 N–H and O–H groups in total. The van der Waals surface area contributed by atoms with Gasteiger partial charge in [0, 0.05) is 4.90 Å². The summed E-state index contributed by atoms with van der Waals surface area (Å²) in [6, 6.07) is 7.98. The molecule has 4 nitrogen and oxygen atoms in total. The van der Waals surface area contributed by atoms with Crippen molar-refractivity contribution in [3.05, 3.63) is 29.8 Å². The third kappa shape index (κ3) is 7.86. The van der Waals surface area contributed by atoms with E-state index in [0.717, 1.165) is 10.5 Å². The van der Waals surface area contributed by atoms with E-state index in [4.69, 9.17) is 9.47 Å². The van der Waals surface area contributed by atoms with Gasteiger partial charge in [0.1, 0.15) is 5.60 Å². The number of esters is 2. The fourth-order valence-corrected chi connectivity index (χ4v) is 2.72. The van der Waals surface area contributed by atoms with Gasteiger partial charge < -0.3 is 9.47 Å². The van der Waals surface area contributed by atoms with Gasteiger partial charge in [-0.2, -0.15) is 0 Å². The molecule has 0 heterocycles. The Balaban J connectivity index is 2.88. The number of benzene rings is 1. The molecule has 0 aliphatic carbocycles. The SMILES string of the molecule is CSc1cccc(C[C@@H](CC(=O)OC(C)(C)C)C(=O)OC(C)C)c1. The first-order valence-electron chi connectivity index (χ1n) is 8.16. The Morgan fingerprint density at radius 1 is 1.21 bits per heavy atom. The largest absolute Gasteiger partial charge is 0.463 e. The molecule has 0 aliphatic rings. The number of thioether (sulfide) groups is 1. The van der Waals surface area contributed by atoms with E-state index in [1.165, 1.54) is 0 Å². The average Bonchev–Trinajstić information content (AvgIpc) is 2.44. The van der Waals surface area contributed by atoms with E-state index in [9.17, 15) is 9.59 Å². The standard InChI is InChI=1S/C19H28O4S/c1-13(2)22-18(21)15(12-17(20)23-19(3,4)5)10-14-8-7-9-16(11-14)24-6/h7-9,11,13,15H,10,12H2,1-6H3/t15-/m0/s1. The Kier molecular flexibility index (Phi) is 7.80. The lowest BCUT2D eigenvalue weighted by Crippen LogP contribution is -2.30. The Labute approximate surface area is 149 Å². The van der Waals surface area contributed by atoms with Crippen LogP contribution in [-0.4, -0.2) is 29.9 Å². The summed E-state index contributed by atoms with van der Waals surface area (Å²) in [5, 5.41) is 0. The van der Waals surface area contributed by atoms with Crippen molar-refractivity contribution < 1.29 is 19.1 Å². The lowest BCUT2D eigenvalue weighted by Gasteiger charge is -2.22. The maximum absolute atomic E-state index is 12.4. The van der Waals surface area contributed by atoms with Crippen molar-refractivity contribution in [2.24, 2.45) is 5.92 Å². The number of hydrogen-bond acceptors (Lipinski definition) is 5. The smallest absolute Gasteiger partial charge is 0.310 e. The third-order valence-corrected chi connectivity index (χ3v) is 3.86. The van der Waals surface area contributed by atoms with Crippen molar-refractivity contribution in [1.29, 1.82) is 0 Å². The molecule has 0 unspecified atom stereocenters. The molecular formula is C19H28O4S. The predicted molar refractivity (Wildman–Crippen MR) is 97.1 cm³/mol. The number of hydrogen-bond donors (Lipinski definition) is 0. The Morgan fingerprint density at radius 2 is 1.88 bits per heavy atom. The van der Waals surface area contributed by atoms with Crippen LogP contribution in [0.25, 0.3) is 0 Å². The Morgan fingerprint density at radius 3 is 2.42 bits per heavy atom. The summed E-state index contributed by atoms with van der Waals surface area (Å²) in [6.45, 7) is 9.05. The first-order chi connectivity index (χ1) is 11.1. The van der Waals surface area contributed by atoms with E-state index < -0.39 is 11.5 Å². The van der Waals surface area contributed by atoms with Crippen molar-refractivity contribution in [1.82, 2.24) is 0 Å². The van der Waals surface area contributed by atoms with Crippen molar-refractivity contribution in [2.45, 2.75) is 64.1 Å². The molecule has 0 fully saturated rings. The van der Waals surface area contributed by atoms with Gasteiger partial charge in [-0.05, 0) is 65.0 Å². The quantitative estimate of drug-likeness (QED) is 0.542. The molecule has 5 heteroatoms. The highest BCUT2D eigenvalue weighted by atomic mass is 32.2. The summed E-state index contributed by atoms with van der Waals surface area (Å²) in [5.74, 6) is -1.28. The highest BCUT2D eigenvalue weighted by Crippen LogP contribution is 2.22. The van der Waals surface area contributed by atoms with Gasteiger partial charge >= 0.3 is 11.9 Å². The van der Waals surface area contributed by atoms with Gasteiger partial charge in [-0.3, -0.25) is 9.59 Å². The van der Waals surface area contributed by atoms with E-state index in [0.29, 0.717) is 6.42 Å².